The average Bonchev–Trinajstić information content (AvgIpc) is 3.50. The van der Waals surface area contributed by atoms with Crippen LogP contribution in [0.25, 0.3) is 11.1 Å². The lowest BCUT2D eigenvalue weighted by atomic mass is 9.98. The van der Waals surface area contributed by atoms with E-state index in [0.717, 1.165) is 6.54 Å². The summed E-state index contributed by atoms with van der Waals surface area (Å²) in [6, 6.07) is 16.6. The molecule has 3 rings (SSSR count). The van der Waals surface area contributed by atoms with Crippen LogP contribution in [0.4, 0.5) is 4.79 Å². The Bertz CT molecular complexity index is 1130. The van der Waals surface area contributed by atoms with Gasteiger partial charge in [0, 0.05) is 25.6 Å². The third-order valence-corrected chi connectivity index (χ3v) is 7.92. The highest BCUT2D eigenvalue weighted by atomic mass is 16.6. The molecule has 300 valence electrons. The van der Waals surface area contributed by atoms with E-state index in [1.807, 2.05) is 31.3 Å². The first-order valence-corrected chi connectivity index (χ1v) is 18.8. The Labute approximate surface area is 315 Å². The third kappa shape index (κ3) is 21.1. The van der Waals surface area contributed by atoms with Crippen LogP contribution in [0.5, 0.6) is 0 Å². The van der Waals surface area contributed by atoms with Crippen molar-refractivity contribution in [3.05, 3.63) is 59.7 Å². The van der Waals surface area contributed by atoms with E-state index < -0.39 is 6.09 Å². The molecule has 0 aliphatic heterocycles. The second kappa shape index (κ2) is 31.6. The van der Waals surface area contributed by atoms with E-state index in [0.29, 0.717) is 152 Å². The number of nitrogens with one attached hydrogen (secondary N) is 2. The van der Waals surface area contributed by atoms with Gasteiger partial charge in [-0.15, -0.1) is 0 Å². The largest absolute Gasteiger partial charge is 0.449 e. The fraction of sp³-hybridized carbons (Fsp3) is 0.667. The maximum atomic E-state index is 12.3. The number of alkyl carbamates (subject to hydrolysis) is 1. The SMILES string of the molecule is CNCCOCCOCCOCCOCCOCCOCCOCCOCCOCCOCCCNC(=O)OCC1c2ccccc2-c2ccccc21. The number of rotatable bonds is 36. The van der Waals surface area contributed by atoms with Crippen LogP contribution < -0.4 is 10.6 Å². The lowest BCUT2D eigenvalue weighted by Gasteiger charge is -2.14. The molecule has 2 aromatic carbocycles. The smallest absolute Gasteiger partial charge is 0.407 e. The normalized spacial score (nSPS) is 12.2. The number of hydrogen-bond donors (Lipinski definition) is 2. The molecule has 14 nitrogen and oxygen atoms in total. The van der Waals surface area contributed by atoms with Crippen molar-refractivity contribution in [1.29, 1.82) is 0 Å². The van der Waals surface area contributed by atoms with Gasteiger partial charge < -0.3 is 62.7 Å². The Morgan fingerprint density at radius 3 is 1.19 bits per heavy atom. The van der Waals surface area contributed by atoms with Gasteiger partial charge in [-0.05, 0) is 35.7 Å². The predicted molar refractivity (Wildman–Crippen MR) is 200 cm³/mol. The zero-order valence-electron chi connectivity index (χ0n) is 31.6. The molecular formula is C39H62N2O12. The lowest BCUT2D eigenvalue weighted by molar-refractivity contribution is -0.0263. The highest BCUT2D eigenvalue weighted by Gasteiger charge is 2.28. The third-order valence-electron chi connectivity index (χ3n) is 7.92. The minimum absolute atomic E-state index is 0.0508. The predicted octanol–water partition coefficient (Wildman–Crippen LogP) is 3.30. The summed E-state index contributed by atoms with van der Waals surface area (Å²) in [6.07, 6.45) is 0.272. The molecule has 53 heavy (non-hydrogen) atoms. The Morgan fingerprint density at radius 1 is 0.472 bits per heavy atom. The maximum Gasteiger partial charge on any atom is 0.407 e. The molecule has 0 saturated carbocycles. The number of ether oxygens (including phenoxy) is 11. The molecular weight excluding hydrogens is 688 g/mol. The van der Waals surface area contributed by atoms with Gasteiger partial charge in [-0.25, -0.2) is 4.79 Å². The second-order valence-corrected chi connectivity index (χ2v) is 11.8. The number of amides is 1. The summed E-state index contributed by atoms with van der Waals surface area (Å²) < 4.78 is 60.4. The molecule has 0 fully saturated rings. The molecule has 2 N–H and O–H groups in total. The average molecular weight is 751 g/mol. The van der Waals surface area contributed by atoms with Gasteiger partial charge in [0.25, 0.3) is 0 Å². The van der Waals surface area contributed by atoms with Crippen LogP contribution in [0.1, 0.15) is 23.5 Å². The van der Waals surface area contributed by atoms with Gasteiger partial charge in [0.15, 0.2) is 0 Å². The fourth-order valence-electron chi connectivity index (χ4n) is 5.27. The van der Waals surface area contributed by atoms with E-state index >= 15 is 0 Å². The Balaban J connectivity index is 0.952. The van der Waals surface area contributed by atoms with Crippen LogP contribution >= 0.6 is 0 Å². The van der Waals surface area contributed by atoms with E-state index in [1.165, 1.54) is 22.3 Å². The van der Waals surface area contributed by atoms with Gasteiger partial charge in [-0.3, -0.25) is 0 Å². The van der Waals surface area contributed by atoms with Crippen molar-refractivity contribution in [2.45, 2.75) is 12.3 Å². The number of carbonyl (C=O) groups is 1. The summed E-state index contributed by atoms with van der Waals surface area (Å²) in [4.78, 5) is 12.3. The summed E-state index contributed by atoms with van der Waals surface area (Å²) in [5, 5.41) is 5.83. The first kappa shape index (κ1) is 44.7. The van der Waals surface area contributed by atoms with Crippen LogP contribution in [-0.4, -0.2) is 165 Å². The summed E-state index contributed by atoms with van der Waals surface area (Å²) in [5.41, 5.74) is 4.81. The van der Waals surface area contributed by atoms with Crippen LogP contribution in [0.15, 0.2) is 48.5 Å². The molecule has 2 aromatic rings. The van der Waals surface area contributed by atoms with Gasteiger partial charge in [0.2, 0.25) is 0 Å². The molecule has 0 spiro atoms. The summed E-state index contributed by atoms with van der Waals surface area (Å²) >= 11 is 0. The topological polar surface area (TPSA) is 143 Å². The summed E-state index contributed by atoms with van der Waals surface area (Å²) in [7, 11) is 1.89. The number of carbonyl (C=O) groups excluding carboxylic acids is 1. The molecule has 0 unspecified atom stereocenters. The molecule has 0 heterocycles. The van der Waals surface area contributed by atoms with Crippen molar-refractivity contribution in [1.82, 2.24) is 10.6 Å². The number of hydrogen-bond acceptors (Lipinski definition) is 13. The zero-order valence-corrected chi connectivity index (χ0v) is 31.6. The molecule has 0 radical (unpaired) electrons. The minimum atomic E-state index is -0.414. The van der Waals surface area contributed by atoms with Crippen molar-refractivity contribution >= 4 is 6.09 Å². The molecule has 0 bridgehead atoms. The highest BCUT2D eigenvalue weighted by molar-refractivity contribution is 5.79. The lowest BCUT2D eigenvalue weighted by Crippen LogP contribution is -2.27. The van der Waals surface area contributed by atoms with Crippen LogP contribution in [0.3, 0.4) is 0 Å². The second-order valence-electron chi connectivity index (χ2n) is 11.8. The minimum Gasteiger partial charge on any atom is -0.449 e. The van der Waals surface area contributed by atoms with Crippen LogP contribution in [0, 0.1) is 0 Å². The van der Waals surface area contributed by atoms with E-state index in [1.54, 1.807) is 0 Å². The number of fused-ring (bicyclic) bond motifs is 3. The van der Waals surface area contributed by atoms with Gasteiger partial charge >= 0.3 is 6.09 Å². The Hall–Kier alpha value is -2.73. The van der Waals surface area contributed by atoms with E-state index in [9.17, 15) is 4.79 Å². The summed E-state index contributed by atoms with van der Waals surface area (Å²) in [6.45, 7) is 12.1. The first-order chi connectivity index (χ1) is 26.3. The van der Waals surface area contributed by atoms with Crippen molar-refractivity contribution in [2.24, 2.45) is 0 Å². The van der Waals surface area contributed by atoms with Gasteiger partial charge in [-0.1, -0.05) is 48.5 Å². The number of benzene rings is 2. The van der Waals surface area contributed by atoms with E-state index in [2.05, 4.69) is 34.9 Å². The Morgan fingerprint density at radius 2 is 0.811 bits per heavy atom. The molecule has 0 atom stereocenters. The summed E-state index contributed by atoms with van der Waals surface area (Å²) in [5.74, 6) is 0.0508. The van der Waals surface area contributed by atoms with Crippen molar-refractivity contribution in [2.75, 3.05) is 159 Å². The standard InChI is InChI=1S/C39H62N2O12/c1-40-12-14-44-16-18-46-20-22-48-24-26-50-28-30-52-32-31-51-29-27-49-25-23-47-21-19-45-17-15-43-13-6-11-41-39(42)53-33-38-36-9-4-2-7-34(36)35-8-3-5-10-37(35)38/h2-5,7-10,38,40H,6,11-33H2,1H3,(H,41,42). The quantitative estimate of drug-likeness (QED) is 0.0986. The number of likely N-dealkylation sites (N-methyl/N-ethyl adjacent to an activating group) is 1. The highest BCUT2D eigenvalue weighted by Crippen LogP contribution is 2.44. The fourth-order valence-corrected chi connectivity index (χ4v) is 5.27. The van der Waals surface area contributed by atoms with Gasteiger partial charge in [-0.2, -0.15) is 0 Å². The maximum absolute atomic E-state index is 12.3. The molecule has 0 aromatic heterocycles. The van der Waals surface area contributed by atoms with Gasteiger partial charge in [0.1, 0.15) is 6.61 Å². The van der Waals surface area contributed by atoms with Crippen LogP contribution in [-0.2, 0) is 52.1 Å². The van der Waals surface area contributed by atoms with Crippen molar-refractivity contribution in [3.8, 4) is 11.1 Å². The molecule has 14 heteroatoms. The zero-order chi connectivity index (χ0) is 37.3. The first-order valence-electron chi connectivity index (χ1n) is 18.8. The van der Waals surface area contributed by atoms with Crippen molar-refractivity contribution in [3.63, 3.8) is 0 Å². The monoisotopic (exact) mass is 750 g/mol. The molecule has 1 amide bonds. The van der Waals surface area contributed by atoms with Gasteiger partial charge in [0.05, 0.1) is 126 Å². The van der Waals surface area contributed by atoms with E-state index in [4.69, 9.17) is 52.1 Å². The molecule has 1 aliphatic rings. The van der Waals surface area contributed by atoms with E-state index in [-0.39, 0.29) is 5.92 Å². The Kier molecular flexibility index (Phi) is 26.6. The molecule has 0 saturated heterocycles. The van der Waals surface area contributed by atoms with Crippen LogP contribution in [0.2, 0.25) is 0 Å². The molecule has 1 aliphatic carbocycles. The van der Waals surface area contributed by atoms with Crippen molar-refractivity contribution < 1.29 is 56.9 Å².